The van der Waals surface area contributed by atoms with Gasteiger partial charge in [-0.3, -0.25) is 4.79 Å². The van der Waals surface area contributed by atoms with E-state index in [0.29, 0.717) is 19.0 Å². The Kier molecular flexibility index (Phi) is 6.36. The van der Waals surface area contributed by atoms with Gasteiger partial charge < -0.3 is 10.2 Å². The highest BCUT2D eigenvalue weighted by Gasteiger charge is 2.23. The first-order valence-corrected chi connectivity index (χ1v) is 6.50. The number of nitrogens with one attached hydrogen (secondary N) is 1. The van der Waals surface area contributed by atoms with E-state index in [1.54, 1.807) is 4.90 Å². The van der Waals surface area contributed by atoms with Crippen molar-refractivity contribution in [2.75, 3.05) is 26.7 Å². The SMILES string of the molecule is CNCC1CCN(C(=O)c2ccc(F)c(F)c2)CC1.Cl. The van der Waals surface area contributed by atoms with Crippen LogP contribution < -0.4 is 5.32 Å². The zero-order chi connectivity index (χ0) is 13.8. The zero-order valence-electron chi connectivity index (χ0n) is 11.4. The van der Waals surface area contributed by atoms with E-state index in [-0.39, 0.29) is 23.9 Å². The fourth-order valence-corrected chi connectivity index (χ4v) is 2.44. The van der Waals surface area contributed by atoms with Gasteiger partial charge in [0, 0.05) is 18.7 Å². The average molecular weight is 305 g/mol. The van der Waals surface area contributed by atoms with E-state index in [0.717, 1.165) is 31.5 Å². The van der Waals surface area contributed by atoms with Crippen molar-refractivity contribution in [3.63, 3.8) is 0 Å². The molecular weight excluding hydrogens is 286 g/mol. The molecule has 0 unspecified atom stereocenters. The van der Waals surface area contributed by atoms with Gasteiger partial charge >= 0.3 is 0 Å². The summed E-state index contributed by atoms with van der Waals surface area (Å²) < 4.78 is 25.9. The molecule has 0 spiro atoms. The highest BCUT2D eigenvalue weighted by Crippen LogP contribution is 2.19. The third-order valence-electron chi connectivity index (χ3n) is 3.56. The van der Waals surface area contributed by atoms with Crippen LogP contribution in [0.25, 0.3) is 0 Å². The summed E-state index contributed by atoms with van der Waals surface area (Å²) in [7, 11) is 1.92. The summed E-state index contributed by atoms with van der Waals surface area (Å²) in [6.07, 6.45) is 1.88. The van der Waals surface area contributed by atoms with Crippen LogP contribution in [0, 0.1) is 17.6 Å². The van der Waals surface area contributed by atoms with E-state index in [4.69, 9.17) is 0 Å². The normalized spacial score (nSPS) is 15.8. The van der Waals surface area contributed by atoms with Crippen molar-refractivity contribution in [1.29, 1.82) is 0 Å². The number of carbonyl (C=O) groups is 1. The molecule has 0 radical (unpaired) electrons. The maximum Gasteiger partial charge on any atom is 0.253 e. The molecule has 1 aliphatic heterocycles. The number of likely N-dealkylation sites (tertiary alicyclic amines) is 1. The summed E-state index contributed by atoms with van der Waals surface area (Å²) in [5, 5.41) is 3.13. The second-order valence-electron chi connectivity index (χ2n) is 4.92. The van der Waals surface area contributed by atoms with Crippen LogP contribution in [0.3, 0.4) is 0 Å². The van der Waals surface area contributed by atoms with Gasteiger partial charge in [-0.15, -0.1) is 12.4 Å². The first-order chi connectivity index (χ1) is 9.11. The van der Waals surface area contributed by atoms with Gasteiger partial charge in [0.05, 0.1) is 0 Å². The number of amides is 1. The summed E-state index contributed by atoms with van der Waals surface area (Å²) in [5.41, 5.74) is 0.214. The molecule has 1 saturated heterocycles. The molecule has 0 saturated carbocycles. The Hall–Kier alpha value is -1.20. The van der Waals surface area contributed by atoms with Gasteiger partial charge in [-0.2, -0.15) is 0 Å². The standard InChI is InChI=1S/C14H18F2N2O.ClH/c1-17-9-10-4-6-18(7-5-10)14(19)11-2-3-12(15)13(16)8-11;/h2-3,8,10,17H,4-7,9H2,1H3;1H. The average Bonchev–Trinajstić information content (AvgIpc) is 2.42. The smallest absolute Gasteiger partial charge is 0.253 e. The summed E-state index contributed by atoms with van der Waals surface area (Å²) in [5.74, 6) is -1.54. The third kappa shape index (κ3) is 3.90. The molecular formula is C14H19ClF2N2O. The van der Waals surface area contributed by atoms with Gasteiger partial charge in [0.15, 0.2) is 11.6 Å². The van der Waals surface area contributed by atoms with Crippen LogP contribution in [-0.2, 0) is 0 Å². The number of nitrogens with zero attached hydrogens (tertiary/aromatic N) is 1. The van der Waals surface area contributed by atoms with E-state index in [1.807, 2.05) is 7.05 Å². The van der Waals surface area contributed by atoms with Crippen LogP contribution in [0.15, 0.2) is 18.2 Å². The van der Waals surface area contributed by atoms with Gasteiger partial charge in [-0.05, 0) is 50.6 Å². The number of carbonyl (C=O) groups excluding carboxylic acids is 1. The molecule has 112 valence electrons. The lowest BCUT2D eigenvalue weighted by Gasteiger charge is -2.32. The fraction of sp³-hybridized carbons (Fsp3) is 0.500. The van der Waals surface area contributed by atoms with Crippen LogP contribution in [0.2, 0.25) is 0 Å². The number of hydrogen-bond acceptors (Lipinski definition) is 2. The zero-order valence-corrected chi connectivity index (χ0v) is 12.2. The van der Waals surface area contributed by atoms with Crippen molar-refractivity contribution in [3.8, 4) is 0 Å². The van der Waals surface area contributed by atoms with Gasteiger partial charge in [0.2, 0.25) is 0 Å². The minimum Gasteiger partial charge on any atom is -0.339 e. The molecule has 1 aliphatic rings. The number of halogens is 3. The van der Waals surface area contributed by atoms with E-state index >= 15 is 0 Å². The minimum atomic E-state index is -0.976. The predicted octanol–water partition coefficient (Wildman–Crippen LogP) is 2.46. The molecule has 1 aromatic rings. The summed E-state index contributed by atoms with van der Waals surface area (Å²) in [4.78, 5) is 13.9. The molecule has 0 bridgehead atoms. The van der Waals surface area contributed by atoms with Crippen LogP contribution in [0.4, 0.5) is 8.78 Å². The second-order valence-corrected chi connectivity index (χ2v) is 4.92. The van der Waals surface area contributed by atoms with Crippen LogP contribution >= 0.6 is 12.4 Å². The Labute approximate surface area is 123 Å². The Balaban J connectivity index is 0.00000200. The largest absolute Gasteiger partial charge is 0.339 e. The molecule has 1 amide bonds. The van der Waals surface area contributed by atoms with Crippen molar-refractivity contribution < 1.29 is 13.6 Å². The van der Waals surface area contributed by atoms with Crippen molar-refractivity contribution in [1.82, 2.24) is 10.2 Å². The monoisotopic (exact) mass is 304 g/mol. The van der Waals surface area contributed by atoms with Crippen molar-refractivity contribution >= 4 is 18.3 Å². The lowest BCUT2D eigenvalue weighted by Crippen LogP contribution is -2.40. The highest BCUT2D eigenvalue weighted by molar-refractivity contribution is 5.94. The lowest BCUT2D eigenvalue weighted by molar-refractivity contribution is 0.0690. The predicted molar refractivity (Wildman–Crippen MR) is 76.2 cm³/mol. The first kappa shape index (κ1) is 16.9. The lowest BCUT2D eigenvalue weighted by atomic mass is 9.96. The maximum absolute atomic E-state index is 13.1. The Bertz CT molecular complexity index is 462. The quantitative estimate of drug-likeness (QED) is 0.930. The molecule has 0 aromatic heterocycles. The van der Waals surface area contributed by atoms with Crippen molar-refractivity contribution in [3.05, 3.63) is 35.4 Å². The van der Waals surface area contributed by atoms with E-state index in [2.05, 4.69) is 5.32 Å². The Morgan fingerprint density at radius 1 is 1.30 bits per heavy atom. The highest BCUT2D eigenvalue weighted by atomic mass is 35.5. The van der Waals surface area contributed by atoms with Crippen LogP contribution in [0.5, 0.6) is 0 Å². The van der Waals surface area contributed by atoms with Gasteiger partial charge in [0.25, 0.3) is 5.91 Å². The second kappa shape index (κ2) is 7.55. The Morgan fingerprint density at radius 3 is 2.50 bits per heavy atom. The van der Waals surface area contributed by atoms with Crippen molar-refractivity contribution in [2.24, 2.45) is 5.92 Å². The third-order valence-corrected chi connectivity index (χ3v) is 3.56. The summed E-state index contributed by atoms with van der Waals surface area (Å²) in [6.45, 7) is 2.29. The van der Waals surface area contributed by atoms with E-state index in [1.165, 1.54) is 6.07 Å². The minimum absolute atomic E-state index is 0. The molecule has 6 heteroatoms. The topological polar surface area (TPSA) is 32.3 Å². The van der Waals surface area contributed by atoms with Gasteiger partial charge in [0.1, 0.15) is 0 Å². The number of piperidine rings is 1. The molecule has 1 heterocycles. The molecule has 3 nitrogen and oxygen atoms in total. The number of rotatable bonds is 3. The van der Waals surface area contributed by atoms with E-state index < -0.39 is 11.6 Å². The molecule has 1 aromatic carbocycles. The van der Waals surface area contributed by atoms with Crippen LogP contribution in [-0.4, -0.2) is 37.5 Å². The molecule has 20 heavy (non-hydrogen) atoms. The molecule has 0 atom stereocenters. The van der Waals surface area contributed by atoms with Gasteiger partial charge in [-0.25, -0.2) is 8.78 Å². The maximum atomic E-state index is 13.1. The first-order valence-electron chi connectivity index (χ1n) is 6.50. The fourth-order valence-electron chi connectivity index (χ4n) is 2.44. The molecule has 2 rings (SSSR count). The molecule has 1 fully saturated rings. The number of hydrogen-bond donors (Lipinski definition) is 1. The summed E-state index contributed by atoms with van der Waals surface area (Å²) in [6, 6.07) is 3.30. The van der Waals surface area contributed by atoms with Crippen LogP contribution in [0.1, 0.15) is 23.2 Å². The number of benzene rings is 1. The van der Waals surface area contributed by atoms with Crippen molar-refractivity contribution in [2.45, 2.75) is 12.8 Å². The molecule has 0 aliphatic carbocycles. The molecule has 1 N–H and O–H groups in total. The summed E-state index contributed by atoms with van der Waals surface area (Å²) >= 11 is 0. The van der Waals surface area contributed by atoms with Gasteiger partial charge in [-0.1, -0.05) is 0 Å². The Morgan fingerprint density at radius 2 is 1.95 bits per heavy atom. The van der Waals surface area contributed by atoms with E-state index in [9.17, 15) is 13.6 Å².